The van der Waals surface area contributed by atoms with Gasteiger partial charge >= 0.3 is 5.69 Å². The van der Waals surface area contributed by atoms with E-state index in [1.807, 2.05) is 0 Å². The fraction of sp³-hybridized carbons (Fsp3) is 0.250. The summed E-state index contributed by atoms with van der Waals surface area (Å²) in [7, 11) is 0. The number of benzene rings is 1. The number of nitrogens with zero attached hydrogens (tertiary/aromatic N) is 1. The molecule has 0 amide bonds. The topological polar surface area (TPSA) is 95.2 Å². The van der Waals surface area contributed by atoms with Crippen molar-refractivity contribution in [1.82, 2.24) is 0 Å². The van der Waals surface area contributed by atoms with Gasteiger partial charge in [0.25, 0.3) is 0 Å². The number of hydrogen-bond donors (Lipinski definition) is 2. The monoisotopic (exact) mass is 199 g/mol. The minimum Gasteiger partial charge on any atom is -0.329 e. The van der Waals surface area contributed by atoms with E-state index in [9.17, 15) is 14.5 Å². The molecule has 6 heteroatoms. The van der Waals surface area contributed by atoms with Gasteiger partial charge in [0.15, 0.2) is 0 Å². The average Bonchev–Trinajstić information content (AvgIpc) is 2.17. The number of nitrogens with two attached hydrogens (primary N) is 2. The molecule has 0 saturated heterocycles. The summed E-state index contributed by atoms with van der Waals surface area (Å²) in [6.07, 6.45) is 0. The van der Waals surface area contributed by atoms with E-state index in [0.717, 1.165) is 12.1 Å². The first kappa shape index (κ1) is 10.6. The Labute approximate surface area is 79.7 Å². The molecule has 1 aromatic rings. The van der Waals surface area contributed by atoms with Gasteiger partial charge in [-0.2, -0.15) is 4.39 Å². The minimum atomic E-state index is -0.872. The summed E-state index contributed by atoms with van der Waals surface area (Å²) < 4.78 is 12.9. The van der Waals surface area contributed by atoms with Crippen LogP contribution in [0.25, 0.3) is 0 Å². The first-order valence-electron chi connectivity index (χ1n) is 3.95. The maximum absolute atomic E-state index is 12.9. The van der Waals surface area contributed by atoms with Crippen LogP contribution in [0.1, 0.15) is 11.6 Å². The van der Waals surface area contributed by atoms with Gasteiger partial charge in [0.1, 0.15) is 0 Å². The van der Waals surface area contributed by atoms with Gasteiger partial charge in [-0.15, -0.1) is 0 Å². The molecule has 0 aliphatic heterocycles. The van der Waals surface area contributed by atoms with Crippen molar-refractivity contribution in [3.05, 3.63) is 39.7 Å². The maximum Gasteiger partial charge on any atom is 0.305 e. The van der Waals surface area contributed by atoms with Crippen LogP contribution in [0.15, 0.2) is 18.2 Å². The molecular formula is C8H10FN3O2. The van der Waals surface area contributed by atoms with Gasteiger partial charge in [0, 0.05) is 18.7 Å². The third-order valence-electron chi connectivity index (χ3n) is 1.85. The van der Waals surface area contributed by atoms with Gasteiger partial charge < -0.3 is 11.5 Å². The molecule has 1 atom stereocenters. The van der Waals surface area contributed by atoms with Crippen LogP contribution in [0.2, 0.25) is 0 Å². The van der Waals surface area contributed by atoms with Crippen LogP contribution >= 0.6 is 0 Å². The quantitative estimate of drug-likeness (QED) is 0.553. The highest BCUT2D eigenvalue weighted by molar-refractivity contribution is 5.37. The second-order valence-corrected chi connectivity index (χ2v) is 2.81. The van der Waals surface area contributed by atoms with Crippen LogP contribution in [-0.2, 0) is 0 Å². The van der Waals surface area contributed by atoms with Crippen molar-refractivity contribution in [2.75, 3.05) is 6.54 Å². The van der Waals surface area contributed by atoms with Gasteiger partial charge in [-0.05, 0) is 11.6 Å². The molecular weight excluding hydrogens is 189 g/mol. The zero-order valence-corrected chi connectivity index (χ0v) is 7.31. The van der Waals surface area contributed by atoms with Gasteiger partial charge in [-0.25, -0.2) is 0 Å². The Morgan fingerprint density at radius 3 is 2.71 bits per heavy atom. The number of nitro groups is 1. The smallest absolute Gasteiger partial charge is 0.305 e. The molecule has 0 heterocycles. The normalized spacial score (nSPS) is 12.5. The second kappa shape index (κ2) is 4.12. The van der Waals surface area contributed by atoms with Crippen molar-refractivity contribution in [3.8, 4) is 0 Å². The predicted octanol–water partition coefficient (Wildman–Crippen LogP) is 0.692. The molecule has 14 heavy (non-hydrogen) atoms. The van der Waals surface area contributed by atoms with Crippen molar-refractivity contribution >= 4 is 5.69 Å². The van der Waals surface area contributed by atoms with E-state index in [1.165, 1.54) is 6.07 Å². The van der Waals surface area contributed by atoms with E-state index in [4.69, 9.17) is 11.5 Å². The molecule has 1 aromatic carbocycles. The Kier molecular flexibility index (Phi) is 3.10. The van der Waals surface area contributed by atoms with Crippen LogP contribution in [0, 0.1) is 15.9 Å². The molecule has 0 saturated carbocycles. The van der Waals surface area contributed by atoms with Crippen molar-refractivity contribution in [1.29, 1.82) is 0 Å². The lowest BCUT2D eigenvalue weighted by molar-refractivity contribution is -0.387. The Hall–Kier alpha value is -1.53. The Bertz CT molecular complexity index is 356. The fourth-order valence-corrected chi connectivity index (χ4v) is 1.04. The van der Waals surface area contributed by atoms with E-state index in [0.29, 0.717) is 5.56 Å². The standard InChI is InChI=1S/C8H10FN3O2/c9-6-2-1-5(7(11)4-10)3-8(6)12(13)14/h1-3,7H,4,10-11H2/t7-/m0/s1. The van der Waals surface area contributed by atoms with E-state index >= 15 is 0 Å². The number of hydrogen-bond acceptors (Lipinski definition) is 4. The van der Waals surface area contributed by atoms with E-state index in [1.54, 1.807) is 0 Å². The first-order chi connectivity index (χ1) is 6.56. The number of halogens is 1. The summed E-state index contributed by atoms with van der Waals surface area (Å²) in [5, 5.41) is 10.4. The molecule has 4 N–H and O–H groups in total. The van der Waals surface area contributed by atoms with Gasteiger partial charge in [-0.1, -0.05) is 6.07 Å². The SMILES string of the molecule is NC[C@H](N)c1ccc(F)c([N+](=O)[O-])c1. The lowest BCUT2D eigenvalue weighted by Crippen LogP contribution is -2.20. The third-order valence-corrected chi connectivity index (χ3v) is 1.85. The Morgan fingerprint density at radius 1 is 1.57 bits per heavy atom. The maximum atomic E-state index is 12.9. The zero-order valence-electron chi connectivity index (χ0n) is 7.31. The molecule has 0 bridgehead atoms. The van der Waals surface area contributed by atoms with E-state index in [-0.39, 0.29) is 6.54 Å². The lowest BCUT2D eigenvalue weighted by atomic mass is 10.1. The van der Waals surface area contributed by atoms with Crippen molar-refractivity contribution in [2.45, 2.75) is 6.04 Å². The molecule has 1 rings (SSSR count). The predicted molar refractivity (Wildman–Crippen MR) is 49.0 cm³/mol. The largest absolute Gasteiger partial charge is 0.329 e. The van der Waals surface area contributed by atoms with Gasteiger partial charge in [0.05, 0.1) is 4.92 Å². The minimum absolute atomic E-state index is 0.156. The Balaban J connectivity index is 3.12. The zero-order chi connectivity index (χ0) is 10.7. The molecule has 0 fully saturated rings. The molecule has 0 radical (unpaired) electrons. The van der Waals surface area contributed by atoms with Crippen LogP contribution in [0.4, 0.5) is 10.1 Å². The average molecular weight is 199 g/mol. The van der Waals surface area contributed by atoms with Gasteiger partial charge in [-0.3, -0.25) is 10.1 Å². The number of rotatable bonds is 3. The van der Waals surface area contributed by atoms with Gasteiger partial charge in [0.2, 0.25) is 5.82 Å². The summed E-state index contributed by atoms with van der Waals surface area (Å²) in [6.45, 7) is 0.156. The van der Waals surface area contributed by atoms with Crippen molar-refractivity contribution in [3.63, 3.8) is 0 Å². The third kappa shape index (κ3) is 2.04. The molecule has 0 unspecified atom stereocenters. The summed E-state index contributed by atoms with van der Waals surface area (Å²) >= 11 is 0. The molecule has 0 aliphatic carbocycles. The summed E-state index contributed by atoms with van der Waals surface area (Å²) in [4.78, 5) is 9.59. The van der Waals surface area contributed by atoms with Crippen molar-refractivity contribution < 1.29 is 9.31 Å². The summed E-state index contributed by atoms with van der Waals surface area (Å²) in [5.41, 5.74) is 10.7. The fourth-order valence-electron chi connectivity index (χ4n) is 1.04. The molecule has 0 aliphatic rings. The lowest BCUT2D eigenvalue weighted by Gasteiger charge is -2.08. The van der Waals surface area contributed by atoms with E-state index in [2.05, 4.69) is 0 Å². The highest BCUT2D eigenvalue weighted by Gasteiger charge is 2.16. The van der Waals surface area contributed by atoms with Crippen LogP contribution in [0.3, 0.4) is 0 Å². The first-order valence-corrected chi connectivity index (χ1v) is 3.95. The van der Waals surface area contributed by atoms with Crippen LogP contribution in [-0.4, -0.2) is 11.5 Å². The molecule has 0 spiro atoms. The molecule has 5 nitrogen and oxygen atoms in total. The highest BCUT2D eigenvalue weighted by atomic mass is 19.1. The van der Waals surface area contributed by atoms with Crippen LogP contribution in [0.5, 0.6) is 0 Å². The van der Waals surface area contributed by atoms with E-state index < -0.39 is 22.5 Å². The summed E-state index contributed by atoms with van der Waals surface area (Å²) in [6, 6.07) is 3.00. The van der Waals surface area contributed by atoms with Crippen molar-refractivity contribution in [2.24, 2.45) is 11.5 Å². The van der Waals surface area contributed by atoms with Crippen LogP contribution < -0.4 is 11.5 Å². The summed E-state index contributed by atoms with van der Waals surface area (Å²) in [5.74, 6) is -0.872. The number of nitro benzene ring substituents is 1. The highest BCUT2D eigenvalue weighted by Crippen LogP contribution is 2.21. The molecule has 0 aromatic heterocycles. The second-order valence-electron chi connectivity index (χ2n) is 2.81. The molecule has 76 valence electrons. The Morgan fingerprint density at radius 2 is 2.21 bits per heavy atom.